The van der Waals surface area contributed by atoms with Gasteiger partial charge in [-0.05, 0) is 13.0 Å². The molecule has 0 aromatic heterocycles. The summed E-state index contributed by atoms with van der Waals surface area (Å²) < 4.78 is 16.2. The van der Waals surface area contributed by atoms with E-state index in [2.05, 4.69) is 5.32 Å². The third-order valence-electron chi connectivity index (χ3n) is 2.62. The second kappa shape index (κ2) is 6.61. The maximum Gasteiger partial charge on any atom is 0.162 e. The minimum atomic E-state index is -0.829. The van der Waals surface area contributed by atoms with Crippen LogP contribution in [0.2, 0.25) is 0 Å². The fraction of sp³-hybridized carbons (Fsp3) is 0.500. The summed E-state index contributed by atoms with van der Waals surface area (Å²) in [5.74, 6) is 0.629. The van der Waals surface area contributed by atoms with Gasteiger partial charge in [0.25, 0.3) is 0 Å². The Hall–Kier alpha value is -1.07. The average Bonchev–Trinajstić information content (AvgIpc) is 2.31. The van der Waals surface area contributed by atoms with Crippen LogP contribution in [0.4, 0.5) is 0 Å². The Morgan fingerprint density at radius 2 is 2.24 bits per heavy atom. The van der Waals surface area contributed by atoms with Crippen molar-refractivity contribution in [2.45, 2.75) is 18.7 Å². The molecule has 2 N–H and O–H groups in total. The smallest absolute Gasteiger partial charge is 0.162 e. The first kappa shape index (κ1) is 14.0. The number of nitrogens with one attached hydrogen (secondary N) is 1. The van der Waals surface area contributed by atoms with Gasteiger partial charge in [-0.25, -0.2) is 0 Å². The Kier molecular flexibility index (Phi) is 5.44. The number of methoxy groups -OCH3 is 1. The Labute approximate surface area is 104 Å². The quantitative estimate of drug-likeness (QED) is 0.805. The minimum absolute atomic E-state index is 0.0998. The molecule has 2 atom stereocenters. The van der Waals surface area contributed by atoms with E-state index < -0.39 is 10.8 Å². The molecule has 0 saturated heterocycles. The Morgan fingerprint density at radius 1 is 1.53 bits per heavy atom. The highest BCUT2D eigenvalue weighted by Crippen LogP contribution is 2.28. The molecule has 17 heavy (non-hydrogen) atoms. The van der Waals surface area contributed by atoms with Gasteiger partial charge in [0.15, 0.2) is 11.5 Å². The number of phenolic OH excluding ortho intramolecular Hbond substituents is 1. The third-order valence-corrected chi connectivity index (χ3v) is 3.92. The van der Waals surface area contributed by atoms with Gasteiger partial charge in [-0.15, -0.1) is 0 Å². The molecule has 0 heterocycles. The van der Waals surface area contributed by atoms with Gasteiger partial charge < -0.3 is 15.2 Å². The molecule has 2 unspecified atom stereocenters. The molecule has 1 rings (SSSR count). The Balaban J connectivity index is 2.55. The SMILES string of the molecule is COc1cccc(CNCC(C)S(C)=O)c1O. The lowest BCUT2D eigenvalue weighted by Crippen LogP contribution is -2.27. The molecule has 0 spiro atoms. The molecule has 0 fully saturated rings. The van der Waals surface area contributed by atoms with E-state index in [-0.39, 0.29) is 11.0 Å². The normalized spacial score (nSPS) is 14.3. The number of aromatic hydroxyl groups is 1. The van der Waals surface area contributed by atoms with Gasteiger partial charge in [0.05, 0.1) is 7.11 Å². The van der Waals surface area contributed by atoms with E-state index in [0.717, 1.165) is 5.56 Å². The van der Waals surface area contributed by atoms with Crippen LogP contribution in [-0.4, -0.2) is 34.5 Å². The van der Waals surface area contributed by atoms with Crippen molar-refractivity contribution in [3.63, 3.8) is 0 Å². The molecule has 0 bridgehead atoms. The first-order valence-corrected chi connectivity index (χ1v) is 7.06. The molecule has 96 valence electrons. The average molecular weight is 257 g/mol. The van der Waals surface area contributed by atoms with Crippen LogP contribution in [0.15, 0.2) is 18.2 Å². The predicted molar refractivity (Wildman–Crippen MR) is 69.9 cm³/mol. The Morgan fingerprint density at radius 3 is 2.82 bits per heavy atom. The number of hydrogen-bond donors (Lipinski definition) is 2. The van der Waals surface area contributed by atoms with E-state index in [0.29, 0.717) is 18.8 Å². The number of benzene rings is 1. The van der Waals surface area contributed by atoms with Crippen LogP contribution in [0, 0.1) is 0 Å². The second-order valence-corrected chi connectivity index (χ2v) is 5.71. The molecule has 0 aliphatic heterocycles. The lowest BCUT2D eigenvalue weighted by atomic mass is 10.2. The van der Waals surface area contributed by atoms with E-state index in [1.165, 1.54) is 7.11 Å². The van der Waals surface area contributed by atoms with Crippen molar-refractivity contribution in [2.75, 3.05) is 19.9 Å². The molecule has 1 aromatic carbocycles. The van der Waals surface area contributed by atoms with Gasteiger partial charge in [0.1, 0.15) is 0 Å². The first-order valence-electron chi connectivity index (χ1n) is 5.44. The molecule has 4 nitrogen and oxygen atoms in total. The van der Waals surface area contributed by atoms with Crippen molar-refractivity contribution >= 4 is 10.8 Å². The summed E-state index contributed by atoms with van der Waals surface area (Å²) in [6.45, 7) is 3.11. The van der Waals surface area contributed by atoms with Gasteiger partial charge >= 0.3 is 0 Å². The highest BCUT2D eigenvalue weighted by molar-refractivity contribution is 7.84. The van der Waals surface area contributed by atoms with Crippen molar-refractivity contribution in [3.05, 3.63) is 23.8 Å². The summed E-state index contributed by atoms with van der Waals surface area (Å²) in [6.07, 6.45) is 1.69. The molecule has 0 radical (unpaired) electrons. The molecular weight excluding hydrogens is 238 g/mol. The Bertz CT molecular complexity index is 395. The number of phenols is 1. The van der Waals surface area contributed by atoms with E-state index in [1.54, 1.807) is 12.3 Å². The lowest BCUT2D eigenvalue weighted by Gasteiger charge is -2.12. The summed E-state index contributed by atoms with van der Waals surface area (Å²) in [6, 6.07) is 5.37. The zero-order chi connectivity index (χ0) is 12.8. The van der Waals surface area contributed by atoms with Crippen LogP contribution < -0.4 is 10.1 Å². The van der Waals surface area contributed by atoms with Crippen LogP contribution in [0.1, 0.15) is 12.5 Å². The summed E-state index contributed by atoms with van der Waals surface area (Å²) in [4.78, 5) is 0. The van der Waals surface area contributed by atoms with Gasteiger partial charge in [-0.3, -0.25) is 4.21 Å². The second-order valence-electron chi connectivity index (χ2n) is 3.91. The van der Waals surface area contributed by atoms with Gasteiger partial charge in [-0.1, -0.05) is 12.1 Å². The predicted octanol–water partition coefficient (Wildman–Crippen LogP) is 1.26. The molecule has 0 amide bonds. The summed E-state index contributed by atoms with van der Waals surface area (Å²) in [5.41, 5.74) is 0.776. The van der Waals surface area contributed by atoms with Crippen LogP contribution in [0.25, 0.3) is 0 Å². The van der Waals surface area contributed by atoms with Crippen molar-refractivity contribution in [3.8, 4) is 11.5 Å². The van der Waals surface area contributed by atoms with Crippen LogP contribution in [0.3, 0.4) is 0 Å². The number of hydrogen-bond acceptors (Lipinski definition) is 4. The molecule has 0 aliphatic carbocycles. The maximum atomic E-state index is 11.2. The zero-order valence-corrected chi connectivity index (χ0v) is 11.2. The number of rotatable bonds is 6. The van der Waals surface area contributed by atoms with Crippen LogP contribution >= 0.6 is 0 Å². The molecule has 0 saturated carbocycles. The van der Waals surface area contributed by atoms with E-state index in [1.807, 2.05) is 19.1 Å². The fourth-order valence-corrected chi connectivity index (χ4v) is 1.76. The van der Waals surface area contributed by atoms with E-state index in [9.17, 15) is 9.32 Å². The molecular formula is C12H19NO3S. The highest BCUT2D eigenvalue weighted by atomic mass is 32.2. The van der Waals surface area contributed by atoms with Crippen molar-refractivity contribution in [1.82, 2.24) is 5.32 Å². The van der Waals surface area contributed by atoms with Crippen molar-refractivity contribution < 1.29 is 14.1 Å². The van der Waals surface area contributed by atoms with Gasteiger partial charge in [0.2, 0.25) is 0 Å². The molecule has 0 aliphatic rings. The highest BCUT2D eigenvalue weighted by Gasteiger charge is 2.08. The number of ether oxygens (including phenoxy) is 1. The van der Waals surface area contributed by atoms with Crippen LogP contribution in [0.5, 0.6) is 11.5 Å². The van der Waals surface area contributed by atoms with E-state index >= 15 is 0 Å². The van der Waals surface area contributed by atoms with Crippen molar-refractivity contribution in [1.29, 1.82) is 0 Å². The summed E-state index contributed by atoms with van der Waals surface area (Å²) >= 11 is 0. The molecule has 5 heteroatoms. The monoisotopic (exact) mass is 257 g/mol. The maximum absolute atomic E-state index is 11.2. The number of para-hydroxylation sites is 1. The van der Waals surface area contributed by atoms with Crippen LogP contribution in [-0.2, 0) is 17.3 Å². The van der Waals surface area contributed by atoms with Crippen molar-refractivity contribution in [2.24, 2.45) is 0 Å². The third kappa shape index (κ3) is 4.02. The van der Waals surface area contributed by atoms with Gasteiger partial charge in [-0.2, -0.15) is 0 Å². The van der Waals surface area contributed by atoms with E-state index in [4.69, 9.17) is 4.74 Å². The summed E-state index contributed by atoms with van der Waals surface area (Å²) in [5, 5.41) is 13.1. The standard InChI is InChI=1S/C12H19NO3S/c1-9(17(3)15)7-13-8-10-5-4-6-11(16-2)12(10)14/h4-6,9,13-14H,7-8H2,1-3H3. The largest absolute Gasteiger partial charge is 0.504 e. The first-order chi connectivity index (χ1) is 8.06. The summed E-state index contributed by atoms with van der Waals surface area (Å²) in [7, 11) is 0.693. The zero-order valence-electron chi connectivity index (χ0n) is 10.4. The fourth-order valence-electron chi connectivity index (χ4n) is 1.40. The minimum Gasteiger partial charge on any atom is -0.504 e. The lowest BCUT2D eigenvalue weighted by molar-refractivity contribution is 0.369. The topological polar surface area (TPSA) is 58.6 Å². The molecule has 1 aromatic rings. The van der Waals surface area contributed by atoms with Gasteiger partial charge in [0, 0.05) is 41.0 Å².